The molecular formula is C12H23NO3. The van der Waals surface area contributed by atoms with Crippen LogP contribution in [-0.2, 0) is 9.59 Å². The van der Waals surface area contributed by atoms with E-state index in [4.69, 9.17) is 5.11 Å². The molecule has 1 atom stereocenters. The number of amides is 1. The van der Waals surface area contributed by atoms with Gasteiger partial charge in [0.1, 0.15) is 0 Å². The standard InChI is InChI=1S/C12H23NO3/c1-3-5-6-7-10(4-2)13-11(14)8-9-12(15)16/h10H,3-9H2,1-2H3,(H,13,14)(H,15,16). The Balaban J connectivity index is 3.74. The third kappa shape index (κ3) is 8.26. The number of carboxylic acid groups (broad SMARTS) is 1. The summed E-state index contributed by atoms with van der Waals surface area (Å²) in [4.78, 5) is 21.7. The molecule has 0 rings (SSSR count). The Morgan fingerprint density at radius 1 is 1.19 bits per heavy atom. The summed E-state index contributed by atoms with van der Waals surface area (Å²) in [6.45, 7) is 4.18. The molecule has 0 aromatic carbocycles. The Bertz CT molecular complexity index is 216. The molecule has 4 nitrogen and oxygen atoms in total. The number of carbonyl (C=O) groups is 2. The van der Waals surface area contributed by atoms with Crippen LogP contribution in [0.5, 0.6) is 0 Å². The first-order chi connectivity index (χ1) is 7.60. The van der Waals surface area contributed by atoms with Crippen LogP contribution >= 0.6 is 0 Å². The molecule has 1 unspecified atom stereocenters. The number of hydrogen-bond donors (Lipinski definition) is 2. The lowest BCUT2D eigenvalue weighted by molar-refractivity contribution is -0.138. The van der Waals surface area contributed by atoms with Gasteiger partial charge < -0.3 is 10.4 Å². The highest BCUT2D eigenvalue weighted by Crippen LogP contribution is 2.06. The minimum atomic E-state index is -0.922. The summed E-state index contributed by atoms with van der Waals surface area (Å²) >= 11 is 0. The summed E-state index contributed by atoms with van der Waals surface area (Å²) in [6, 6.07) is 0.202. The normalized spacial score (nSPS) is 12.1. The van der Waals surface area contributed by atoms with Crippen LogP contribution in [0.4, 0.5) is 0 Å². The molecule has 2 N–H and O–H groups in total. The quantitative estimate of drug-likeness (QED) is 0.596. The first-order valence-electron chi connectivity index (χ1n) is 6.11. The summed E-state index contributed by atoms with van der Waals surface area (Å²) in [7, 11) is 0. The average Bonchev–Trinajstić information content (AvgIpc) is 2.25. The molecular weight excluding hydrogens is 206 g/mol. The van der Waals surface area contributed by atoms with Gasteiger partial charge in [0.2, 0.25) is 5.91 Å². The Kier molecular flexibility index (Phi) is 8.58. The monoisotopic (exact) mass is 229 g/mol. The lowest BCUT2D eigenvalue weighted by Gasteiger charge is -2.16. The maximum absolute atomic E-state index is 11.4. The first-order valence-corrected chi connectivity index (χ1v) is 6.11. The van der Waals surface area contributed by atoms with E-state index in [-0.39, 0.29) is 24.8 Å². The van der Waals surface area contributed by atoms with E-state index >= 15 is 0 Å². The van der Waals surface area contributed by atoms with E-state index in [9.17, 15) is 9.59 Å². The average molecular weight is 229 g/mol. The lowest BCUT2D eigenvalue weighted by Crippen LogP contribution is -2.34. The zero-order chi connectivity index (χ0) is 12.4. The van der Waals surface area contributed by atoms with Gasteiger partial charge in [-0.3, -0.25) is 9.59 Å². The topological polar surface area (TPSA) is 66.4 Å². The second kappa shape index (κ2) is 9.19. The highest BCUT2D eigenvalue weighted by atomic mass is 16.4. The summed E-state index contributed by atoms with van der Waals surface area (Å²) in [5, 5.41) is 11.3. The van der Waals surface area contributed by atoms with Crippen molar-refractivity contribution in [2.45, 2.75) is 64.8 Å². The molecule has 0 fully saturated rings. The van der Waals surface area contributed by atoms with Crippen molar-refractivity contribution >= 4 is 11.9 Å². The Morgan fingerprint density at radius 2 is 1.88 bits per heavy atom. The number of carbonyl (C=O) groups excluding carboxylic acids is 1. The number of carboxylic acids is 1. The van der Waals surface area contributed by atoms with Crippen molar-refractivity contribution in [2.75, 3.05) is 0 Å². The van der Waals surface area contributed by atoms with E-state index < -0.39 is 5.97 Å². The molecule has 94 valence electrons. The minimum absolute atomic E-state index is 0.0829. The molecule has 0 aliphatic rings. The third-order valence-electron chi connectivity index (χ3n) is 2.58. The van der Waals surface area contributed by atoms with Gasteiger partial charge in [-0.05, 0) is 12.8 Å². The second-order valence-electron chi connectivity index (χ2n) is 4.06. The number of nitrogens with one attached hydrogen (secondary N) is 1. The molecule has 0 heterocycles. The van der Waals surface area contributed by atoms with Gasteiger partial charge in [0.05, 0.1) is 6.42 Å². The van der Waals surface area contributed by atoms with Crippen molar-refractivity contribution in [1.29, 1.82) is 0 Å². The van der Waals surface area contributed by atoms with Gasteiger partial charge in [0.25, 0.3) is 0 Å². The van der Waals surface area contributed by atoms with Gasteiger partial charge in [-0.2, -0.15) is 0 Å². The van der Waals surface area contributed by atoms with Crippen LogP contribution in [-0.4, -0.2) is 23.0 Å². The van der Waals surface area contributed by atoms with Crippen molar-refractivity contribution < 1.29 is 14.7 Å². The Hall–Kier alpha value is -1.06. The van der Waals surface area contributed by atoms with Crippen LogP contribution in [0.3, 0.4) is 0 Å². The number of rotatable bonds is 9. The van der Waals surface area contributed by atoms with Crippen LogP contribution in [0.15, 0.2) is 0 Å². The summed E-state index contributed by atoms with van der Waals surface area (Å²) < 4.78 is 0. The van der Waals surface area contributed by atoms with Crippen LogP contribution in [0.25, 0.3) is 0 Å². The van der Waals surface area contributed by atoms with Gasteiger partial charge in [0.15, 0.2) is 0 Å². The van der Waals surface area contributed by atoms with Gasteiger partial charge in [0, 0.05) is 12.5 Å². The molecule has 0 saturated carbocycles. The Morgan fingerprint density at radius 3 is 2.38 bits per heavy atom. The van der Waals surface area contributed by atoms with Gasteiger partial charge >= 0.3 is 5.97 Å². The third-order valence-corrected chi connectivity index (χ3v) is 2.58. The first kappa shape index (κ1) is 14.9. The summed E-state index contributed by atoms with van der Waals surface area (Å²) in [6.07, 6.45) is 5.36. The smallest absolute Gasteiger partial charge is 0.303 e. The fraction of sp³-hybridized carbons (Fsp3) is 0.833. The number of aliphatic carboxylic acids is 1. The number of unbranched alkanes of at least 4 members (excludes halogenated alkanes) is 2. The lowest BCUT2D eigenvalue weighted by atomic mass is 10.1. The minimum Gasteiger partial charge on any atom is -0.481 e. The van der Waals surface area contributed by atoms with Crippen molar-refractivity contribution in [3.8, 4) is 0 Å². The Labute approximate surface area is 97.4 Å². The summed E-state index contributed by atoms with van der Waals surface area (Å²) in [5.74, 6) is -1.07. The van der Waals surface area contributed by atoms with Crippen LogP contribution in [0.2, 0.25) is 0 Å². The molecule has 0 aliphatic heterocycles. The molecule has 0 aromatic heterocycles. The molecule has 16 heavy (non-hydrogen) atoms. The van der Waals surface area contributed by atoms with E-state index in [1.807, 2.05) is 6.92 Å². The zero-order valence-electron chi connectivity index (χ0n) is 10.3. The molecule has 0 saturated heterocycles. The van der Waals surface area contributed by atoms with Gasteiger partial charge in [-0.25, -0.2) is 0 Å². The van der Waals surface area contributed by atoms with Crippen LogP contribution in [0.1, 0.15) is 58.8 Å². The van der Waals surface area contributed by atoms with E-state index in [2.05, 4.69) is 12.2 Å². The van der Waals surface area contributed by atoms with E-state index in [1.54, 1.807) is 0 Å². The maximum Gasteiger partial charge on any atom is 0.303 e. The van der Waals surface area contributed by atoms with Crippen molar-refractivity contribution in [2.24, 2.45) is 0 Å². The summed E-state index contributed by atoms with van der Waals surface area (Å²) in [5.41, 5.74) is 0. The van der Waals surface area contributed by atoms with Crippen molar-refractivity contribution in [3.63, 3.8) is 0 Å². The van der Waals surface area contributed by atoms with Crippen LogP contribution < -0.4 is 5.32 Å². The molecule has 4 heteroatoms. The van der Waals surface area contributed by atoms with Crippen LogP contribution in [0, 0.1) is 0 Å². The highest BCUT2D eigenvalue weighted by molar-refractivity contribution is 5.80. The van der Waals surface area contributed by atoms with E-state index in [0.29, 0.717) is 0 Å². The molecule has 0 radical (unpaired) electrons. The number of hydrogen-bond acceptors (Lipinski definition) is 2. The highest BCUT2D eigenvalue weighted by Gasteiger charge is 2.10. The van der Waals surface area contributed by atoms with Gasteiger partial charge in [-0.15, -0.1) is 0 Å². The van der Waals surface area contributed by atoms with E-state index in [1.165, 1.54) is 12.8 Å². The maximum atomic E-state index is 11.4. The predicted molar refractivity (Wildman–Crippen MR) is 63.2 cm³/mol. The van der Waals surface area contributed by atoms with Crippen molar-refractivity contribution in [1.82, 2.24) is 5.32 Å². The molecule has 0 aromatic rings. The molecule has 1 amide bonds. The van der Waals surface area contributed by atoms with Crippen molar-refractivity contribution in [3.05, 3.63) is 0 Å². The fourth-order valence-electron chi connectivity index (χ4n) is 1.54. The molecule has 0 bridgehead atoms. The molecule has 0 spiro atoms. The van der Waals surface area contributed by atoms with E-state index in [0.717, 1.165) is 19.3 Å². The second-order valence-corrected chi connectivity index (χ2v) is 4.06. The fourth-order valence-corrected chi connectivity index (χ4v) is 1.54. The SMILES string of the molecule is CCCCCC(CC)NC(=O)CCC(=O)O. The zero-order valence-corrected chi connectivity index (χ0v) is 10.3. The molecule has 0 aliphatic carbocycles. The largest absolute Gasteiger partial charge is 0.481 e. The van der Waals surface area contributed by atoms with Gasteiger partial charge in [-0.1, -0.05) is 33.1 Å². The predicted octanol–water partition coefficient (Wildman–Crippen LogP) is 2.33.